The van der Waals surface area contributed by atoms with E-state index in [9.17, 15) is 19.5 Å². The maximum absolute atomic E-state index is 17.1. The number of rotatable bonds is 2. The molecular formula is C26H32F2O6. The topological polar surface area (TPSA) is 89.9 Å². The van der Waals surface area contributed by atoms with Gasteiger partial charge in [-0.25, -0.2) is 28.1 Å². The maximum Gasteiger partial charge on any atom is 0.359 e. The lowest BCUT2D eigenvalue weighted by Gasteiger charge is -2.62. The highest BCUT2D eigenvalue weighted by Crippen LogP contribution is 2.70. The molecule has 4 saturated carbocycles. The molecule has 0 unspecified atom stereocenters. The summed E-state index contributed by atoms with van der Waals surface area (Å²) in [5, 5.41) is 11.3. The lowest BCUT2D eigenvalue weighted by Crippen LogP contribution is -2.68. The minimum atomic E-state index is -2.18. The summed E-state index contributed by atoms with van der Waals surface area (Å²) in [6, 6.07) is 0. The third kappa shape index (κ3) is 3.02. The first-order chi connectivity index (χ1) is 15.9. The number of hydrogen-bond donors (Lipinski definition) is 1. The van der Waals surface area contributed by atoms with Crippen LogP contribution in [0.5, 0.6) is 0 Å². The van der Waals surface area contributed by atoms with E-state index in [1.54, 1.807) is 6.92 Å². The molecule has 0 aliphatic heterocycles. The summed E-state index contributed by atoms with van der Waals surface area (Å²) in [6.07, 6.45) is 3.44. The first-order valence-electron chi connectivity index (χ1n) is 12.3. The fourth-order valence-electron chi connectivity index (χ4n) is 7.92. The number of halogens is 2. The van der Waals surface area contributed by atoms with Crippen molar-refractivity contribution in [3.05, 3.63) is 23.8 Å². The van der Waals surface area contributed by atoms with E-state index < -0.39 is 58.5 Å². The number of carbonyl (C=O) groups excluding carboxylic acids is 3. The van der Waals surface area contributed by atoms with Crippen LogP contribution in [0.1, 0.15) is 59.3 Å². The Morgan fingerprint density at radius 1 is 1.12 bits per heavy atom. The predicted molar refractivity (Wildman–Crippen MR) is 116 cm³/mol. The number of hydrogen-bond acceptors (Lipinski definition) is 6. The zero-order valence-electron chi connectivity index (χ0n) is 19.8. The highest BCUT2D eigenvalue weighted by atomic mass is 19.1. The SMILES string of the molecule is C[C@@H]1C[C@H]2[C@@H]3C[C@H](F)C4=CC(=O)C=C[C@]4(C)[C@@]3(F)[C@@H](O)C[C@]2(C)[C@H]1C(=O)OOC(=O)C1CCC1. The van der Waals surface area contributed by atoms with Crippen LogP contribution in [0.3, 0.4) is 0 Å². The van der Waals surface area contributed by atoms with Gasteiger partial charge in [0.15, 0.2) is 11.5 Å². The molecule has 0 amide bonds. The van der Waals surface area contributed by atoms with Gasteiger partial charge < -0.3 is 5.11 Å². The number of aliphatic hydroxyl groups excluding tert-OH is 1. The molecule has 0 heterocycles. The number of fused-ring (bicyclic) bond motifs is 5. The van der Waals surface area contributed by atoms with Gasteiger partial charge in [0.05, 0.1) is 17.9 Å². The van der Waals surface area contributed by atoms with Gasteiger partial charge in [-0.15, -0.1) is 0 Å². The van der Waals surface area contributed by atoms with Crippen molar-refractivity contribution in [3.8, 4) is 0 Å². The molecule has 0 aromatic heterocycles. The summed E-state index contributed by atoms with van der Waals surface area (Å²) in [5.41, 5.74) is -4.42. The van der Waals surface area contributed by atoms with Gasteiger partial charge in [-0.1, -0.05) is 26.3 Å². The van der Waals surface area contributed by atoms with E-state index in [-0.39, 0.29) is 36.0 Å². The monoisotopic (exact) mass is 478 g/mol. The first-order valence-corrected chi connectivity index (χ1v) is 12.3. The fourth-order valence-corrected chi connectivity index (χ4v) is 7.92. The molecule has 8 heteroatoms. The third-order valence-corrected chi connectivity index (χ3v) is 9.87. The Balaban J connectivity index is 1.44. The van der Waals surface area contributed by atoms with Crippen LogP contribution in [0.25, 0.3) is 0 Å². The number of ketones is 1. The van der Waals surface area contributed by atoms with E-state index in [0.717, 1.165) is 12.5 Å². The van der Waals surface area contributed by atoms with Gasteiger partial charge in [0, 0.05) is 11.3 Å². The minimum absolute atomic E-state index is 0.0209. The second-order valence-corrected chi connectivity index (χ2v) is 11.6. The van der Waals surface area contributed by atoms with E-state index in [4.69, 9.17) is 9.78 Å². The van der Waals surface area contributed by atoms with Crippen LogP contribution >= 0.6 is 0 Å². The van der Waals surface area contributed by atoms with Crippen molar-refractivity contribution < 1.29 is 38.0 Å². The smallest absolute Gasteiger partial charge is 0.359 e. The Hall–Kier alpha value is -2.09. The summed E-state index contributed by atoms with van der Waals surface area (Å²) in [6.45, 7) is 5.23. The average molecular weight is 479 g/mol. The van der Waals surface area contributed by atoms with Gasteiger partial charge >= 0.3 is 11.9 Å². The Kier molecular flexibility index (Phi) is 5.36. The Morgan fingerprint density at radius 2 is 1.79 bits per heavy atom. The standard InChI is InChI=1S/C26H32F2O6/c1-13-9-16-17-11-19(27)18-10-15(29)7-8-25(18,3)26(17,28)20(30)12-24(16,2)21(13)23(32)34-33-22(31)14-5-4-6-14/h7-8,10,13-14,16-17,19-21,30H,4-6,9,11-12H2,1-3H3/t13-,16+,17+,19+,20+,21-,24+,25+,26+/m1/s1. The number of aliphatic hydroxyl groups is 1. The average Bonchev–Trinajstić information content (AvgIpc) is 2.98. The van der Waals surface area contributed by atoms with Crippen molar-refractivity contribution in [1.82, 2.24) is 0 Å². The second-order valence-electron chi connectivity index (χ2n) is 11.6. The molecule has 0 bridgehead atoms. The van der Waals surface area contributed by atoms with Crippen molar-refractivity contribution in [1.29, 1.82) is 0 Å². The van der Waals surface area contributed by atoms with E-state index in [2.05, 4.69) is 0 Å². The van der Waals surface area contributed by atoms with Crippen molar-refractivity contribution in [2.24, 2.45) is 40.4 Å². The number of allylic oxidation sites excluding steroid dienone is 4. The zero-order valence-corrected chi connectivity index (χ0v) is 19.8. The molecule has 0 saturated heterocycles. The Labute approximate surface area is 197 Å². The molecule has 5 aliphatic rings. The molecule has 34 heavy (non-hydrogen) atoms. The molecule has 0 aromatic carbocycles. The van der Waals surface area contributed by atoms with E-state index >= 15 is 8.78 Å². The van der Waals surface area contributed by atoms with Crippen LogP contribution in [0.2, 0.25) is 0 Å². The zero-order chi connectivity index (χ0) is 24.6. The van der Waals surface area contributed by atoms with Gasteiger partial charge in [-0.2, -0.15) is 0 Å². The van der Waals surface area contributed by atoms with Crippen LogP contribution in [0, 0.1) is 40.4 Å². The normalized spacial score (nSPS) is 47.6. The first kappa shape index (κ1) is 23.6. The lowest BCUT2D eigenvalue weighted by molar-refractivity contribution is -0.272. The minimum Gasteiger partial charge on any atom is -0.390 e. The molecule has 0 aromatic rings. The number of alkyl halides is 2. The van der Waals surface area contributed by atoms with Crippen LogP contribution in [-0.4, -0.2) is 40.8 Å². The Morgan fingerprint density at radius 3 is 2.44 bits per heavy atom. The largest absolute Gasteiger partial charge is 0.390 e. The van der Waals surface area contributed by atoms with Crippen molar-refractivity contribution in [2.75, 3.05) is 0 Å². The maximum atomic E-state index is 17.1. The van der Waals surface area contributed by atoms with Gasteiger partial charge in [0.25, 0.3) is 0 Å². The number of carbonyl (C=O) groups is 3. The second kappa shape index (κ2) is 7.70. The summed E-state index contributed by atoms with van der Waals surface area (Å²) in [7, 11) is 0. The summed E-state index contributed by atoms with van der Waals surface area (Å²) < 4.78 is 32.5. The molecule has 5 rings (SSSR count). The van der Waals surface area contributed by atoms with Gasteiger partial charge in [0.1, 0.15) is 6.17 Å². The molecule has 6 nitrogen and oxygen atoms in total. The summed E-state index contributed by atoms with van der Waals surface area (Å²) in [4.78, 5) is 46.8. The lowest BCUT2D eigenvalue weighted by atomic mass is 9.45. The Bertz CT molecular complexity index is 988. The van der Waals surface area contributed by atoms with Crippen molar-refractivity contribution in [2.45, 2.75) is 77.2 Å². The third-order valence-electron chi connectivity index (χ3n) is 9.87. The summed E-state index contributed by atoms with van der Waals surface area (Å²) in [5.74, 6) is -4.09. The molecule has 1 N–H and O–H groups in total. The van der Waals surface area contributed by atoms with Crippen LogP contribution in [0.4, 0.5) is 8.78 Å². The highest BCUT2D eigenvalue weighted by Gasteiger charge is 2.73. The highest BCUT2D eigenvalue weighted by molar-refractivity contribution is 6.01. The molecule has 9 atom stereocenters. The molecule has 4 fully saturated rings. The van der Waals surface area contributed by atoms with Crippen molar-refractivity contribution in [3.63, 3.8) is 0 Å². The molecular weight excluding hydrogens is 446 g/mol. The van der Waals surface area contributed by atoms with Gasteiger partial charge in [-0.05, 0) is 74.0 Å². The molecule has 5 aliphatic carbocycles. The van der Waals surface area contributed by atoms with Crippen LogP contribution in [0.15, 0.2) is 23.8 Å². The molecule has 0 radical (unpaired) electrons. The molecule has 186 valence electrons. The van der Waals surface area contributed by atoms with Gasteiger partial charge in [-0.3, -0.25) is 4.79 Å². The van der Waals surface area contributed by atoms with Crippen LogP contribution < -0.4 is 0 Å². The van der Waals surface area contributed by atoms with E-state index in [0.29, 0.717) is 19.3 Å². The van der Waals surface area contributed by atoms with E-state index in [1.165, 1.54) is 12.2 Å². The van der Waals surface area contributed by atoms with Gasteiger partial charge in [0.2, 0.25) is 0 Å². The molecule has 0 spiro atoms. The predicted octanol–water partition coefficient (Wildman–Crippen LogP) is 3.97. The van der Waals surface area contributed by atoms with Crippen LogP contribution in [-0.2, 0) is 24.2 Å². The van der Waals surface area contributed by atoms with E-state index in [1.807, 2.05) is 13.8 Å². The quantitative estimate of drug-likeness (QED) is 0.477. The van der Waals surface area contributed by atoms with Crippen molar-refractivity contribution >= 4 is 17.7 Å². The summed E-state index contributed by atoms with van der Waals surface area (Å²) >= 11 is 0. The fraction of sp³-hybridized carbons (Fsp3) is 0.731.